The molecule has 0 atom stereocenters. The summed E-state index contributed by atoms with van der Waals surface area (Å²) in [5.74, 6) is 1.07. The van der Waals surface area contributed by atoms with Gasteiger partial charge < -0.3 is 14.2 Å². The van der Waals surface area contributed by atoms with Crippen LogP contribution in [0.1, 0.15) is 31.2 Å². The fraction of sp³-hybridized carbons (Fsp3) is 0.350. The summed E-state index contributed by atoms with van der Waals surface area (Å²) in [6.07, 6.45) is 7.89. The van der Waals surface area contributed by atoms with E-state index in [4.69, 9.17) is 14.2 Å². The predicted molar refractivity (Wildman–Crippen MR) is 99.5 cm³/mol. The summed E-state index contributed by atoms with van der Waals surface area (Å²) in [4.78, 5) is 4.25. The second-order valence-electron chi connectivity index (χ2n) is 6.40. The van der Waals surface area contributed by atoms with Crippen LogP contribution in [0.15, 0.2) is 52.6 Å². The molecule has 1 aromatic carbocycles. The minimum atomic E-state index is -0.310. The molecule has 4 nitrogen and oxygen atoms in total. The largest absolute Gasteiger partial charge is 0.439 e. The number of benzene rings is 1. The summed E-state index contributed by atoms with van der Waals surface area (Å²) in [6, 6.07) is 11.9. The van der Waals surface area contributed by atoms with Crippen molar-refractivity contribution in [3.05, 3.63) is 58.2 Å². The Morgan fingerprint density at radius 3 is 2.60 bits per heavy atom. The minimum absolute atomic E-state index is 0.310. The minimum Gasteiger partial charge on any atom is -0.439 e. The zero-order valence-electron chi connectivity index (χ0n) is 13.9. The molecule has 1 aromatic heterocycles. The van der Waals surface area contributed by atoms with E-state index in [0.717, 1.165) is 54.7 Å². The average molecular weight is 402 g/mol. The van der Waals surface area contributed by atoms with E-state index in [1.807, 2.05) is 30.3 Å². The van der Waals surface area contributed by atoms with E-state index in [9.17, 15) is 0 Å². The Bertz CT molecular complexity index is 755. The zero-order valence-corrected chi connectivity index (χ0v) is 15.5. The van der Waals surface area contributed by atoms with Gasteiger partial charge in [0, 0.05) is 29.6 Å². The van der Waals surface area contributed by atoms with Crippen LogP contribution in [0.5, 0.6) is 11.6 Å². The highest BCUT2D eigenvalue weighted by Gasteiger charge is 2.38. The number of nitrogens with zero attached hydrogens (tertiary/aromatic N) is 1. The molecule has 0 N–H and O–H groups in total. The van der Waals surface area contributed by atoms with Crippen molar-refractivity contribution in [1.82, 2.24) is 4.98 Å². The van der Waals surface area contributed by atoms with E-state index in [0.29, 0.717) is 5.88 Å². The zero-order chi connectivity index (χ0) is 17.1. The van der Waals surface area contributed by atoms with Gasteiger partial charge in [0.15, 0.2) is 5.79 Å². The molecular weight excluding hydrogens is 382 g/mol. The Morgan fingerprint density at radius 1 is 1.08 bits per heavy atom. The number of rotatable bonds is 3. The molecule has 1 spiro atoms. The molecule has 1 aliphatic carbocycles. The highest BCUT2D eigenvalue weighted by molar-refractivity contribution is 9.10. The molecule has 25 heavy (non-hydrogen) atoms. The monoisotopic (exact) mass is 401 g/mol. The van der Waals surface area contributed by atoms with Crippen molar-refractivity contribution in [2.75, 3.05) is 13.2 Å². The van der Waals surface area contributed by atoms with E-state index >= 15 is 0 Å². The maximum atomic E-state index is 5.84. The third-order valence-electron chi connectivity index (χ3n) is 4.62. The van der Waals surface area contributed by atoms with E-state index in [1.54, 1.807) is 6.20 Å². The van der Waals surface area contributed by atoms with Gasteiger partial charge in [-0.1, -0.05) is 23.8 Å². The average Bonchev–Trinajstić information content (AvgIpc) is 3.08. The molecule has 2 heterocycles. The van der Waals surface area contributed by atoms with Gasteiger partial charge in [-0.15, -0.1) is 0 Å². The third kappa shape index (κ3) is 4.11. The molecule has 2 fully saturated rings. The van der Waals surface area contributed by atoms with Gasteiger partial charge in [0.05, 0.1) is 13.2 Å². The van der Waals surface area contributed by atoms with Crippen LogP contribution in [-0.2, 0) is 9.47 Å². The standard InChI is InChI=1S/C20H20BrNO3/c21-17-4-5-19(22-14-17)25-18-3-1-2-16(13-18)12-15-6-8-20(9-7-15)23-10-11-24-20/h1-5,12-14H,6-11H2. The van der Waals surface area contributed by atoms with Crippen molar-refractivity contribution in [2.24, 2.45) is 0 Å². The first-order valence-corrected chi connectivity index (χ1v) is 9.37. The molecule has 130 valence electrons. The molecule has 0 radical (unpaired) electrons. The molecule has 0 bridgehead atoms. The first-order valence-electron chi connectivity index (χ1n) is 8.58. The summed E-state index contributed by atoms with van der Waals surface area (Å²) in [6.45, 7) is 1.45. The smallest absolute Gasteiger partial charge is 0.219 e. The van der Waals surface area contributed by atoms with E-state index in [-0.39, 0.29) is 5.79 Å². The van der Waals surface area contributed by atoms with Crippen LogP contribution < -0.4 is 4.74 Å². The number of ether oxygens (including phenoxy) is 3. The van der Waals surface area contributed by atoms with Gasteiger partial charge in [-0.3, -0.25) is 0 Å². The summed E-state index contributed by atoms with van der Waals surface area (Å²) in [5, 5.41) is 0. The predicted octanol–water partition coefficient (Wildman–Crippen LogP) is 5.34. The quantitative estimate of drug-likeness (QED) is 0.695. The number of allylic oxidation sites excluding steroid dienone is 1. The van der Waals surface area contributed by atoms with Gasteiger partial charge in [0.25, 0.3) is 0 Å². The van der Waals surface area contributed by atoms with Crippen molar-refractivity contribution in [3.63, 3.8) is 0 Å². The fourth-order valence-corrected chi connectivity index (χ4v) is 3.56. The van der Waals surface area contributed by atoms with Crippen molar-refractivity contribution in [3.8, 4) is 11.6 Å². The van der Waals surface area contributed by atoms with Crippen LogP contribution in [0.25, 0.3) is 6.08 Å². The maximum Gasteiger partial charge on any atom is 0.219 e. The van der Waals surface area contributed by atoms with E-state index < -0.39 is 0 Å². The second-order valence-corrected chi connectivity index (χ2v) is 7.32. The van der Waals surface area contributed by atoms with E-state index in [1.165, 1.54) is 5.57 Å². The molecule has 1 saturated carbocycles. The molecule has 0 unspecified atom stereocenters. The second kappa shape index (κ2) is 7.28. The molecule has 1 aliphatic heterocycles. The summed E-state index contributed by atoms with van der Waals surface area (Å²) in [5.41, 5.74) is 2.58. The molecule has 5 heteroatoms. The Hall–Kier alpha value is -1.69. The lowest BCUT2D eigenvalue weighted by molar-refractivity contribution is -0.171. The van der Waals surface area contributed by atoms with Crippen LogP contribution in [0.4, 0.5) is 0 Å². The molecule has 4 rings (SSSR count). The van der Waals surface area contributed by atoms with Crippen molar-refractivity contribution < 1.29 is 14.2 Å². The van der Waals surface area contributed by atoms with Gasteiger partial charge in [-0.2, -0.15) is 0 Å². The van der Waals surface area contributed by atoms with Crippen LogP contribution in [0.3, 0.4) is 0 Å². The lowest BCUT2D eigenvalue weighted by Crippen LogP contribution is -2.33. The summed E-state index contributed by atoms with van der Waals surface area (Å²) >= 11 is 3.38. The SMILES string of the molecule is Brc1ccc(Oc2cccc(C=C3CCC4(CC3)OCCO4)c2)nc1. The molecule has 2 aliphatic rings. The lowest BCUT2D eigenvalue weighted by Gasteiger charge is -2.32. The van der Waals surface area contributed by atoms with Crippen molar-refractivity contribution in [1.29, 1.82) is 0 Å². The Morgan fingerprint density at radius 2 is 1.88 bits per heavy atom. The van der Waals surface area contributed by atoms with Crippen LogP contribution in [0.2, 0.25) is 0 Å². The third-order valence-corrected chi connectivity index (χ3v) is 5.09. The molecule has 1 saturated heterocycles. The topological polar surface area (TPSA) is 40.6 Å². The Kier molecular flexibility index (Phi) is 4.88. The van der Waals surface area contributed by atoms with Gasteiger partial charge in [0.2, 0.25) is 5.88 Å². The van der Waals surface area contributed by atoms with Crippen molar-refractivity contribution in [2.45, 2.75) is 31.5 Å². The summed E-state index contributed by atoms with van der Waals surface area (Å²) < 4.78 is 18.4. The number of aromatic nitrogens is 1. The lowest BCUT2D eigenvalue weighted by atomic mass is 9.88. The van der Waals surface area contributed by atoms with Crippen molar-refractivity contribution >= 4 is 22.0 Å². The first kappa shape index (κ1) is 16.8. The van der Waals surface area contributed by atoms with E-state index in [2.05, 4.69) is 33.1 Å². The summed E-state index contributed by atoms with van der Waals surface area (Å²) in [7, 11) is 0. The normalized spacial score (nSPS) is 19.2. The maximum absolute atomic E-state index is 5.84. The van der Waals surface area contributed by atoms with Gasteiger partial charge in [-0.25, -0.2) is 4.98 Å². The molecular formula is C20H20BrNO3. The first-order chi connectivity index (χ1) is 12.2. The molecule has 2 aromatic rings. The number of pyridine rings is 1. The van der Waals surface area contributed by atoms with Gasteiger partial charge in [0.1, 0.15) is 5.75 Å². The molecule has 0 amide bonds. The van der Waals surface area contributed by atoms with Gasteiger partial charge in [-0.05, 0) is 52.5 Å². The fourth-order valence-electron chi connectivity index (χ4n) is 3.33. The number of hydrogen-bond donors (Lipinski definition) is 0. The Labute approximate surface area is 155 Å². The van der Waals surface area contributed by atoms with Crippen LogP contribution in [-0.4, -0.2) is 24.0 Å². The van der Waals surface area contributed by atoms with Gasteiger partial charge >= 0.3 is 0 Å². The highest BCUT2D eigenvalue weighted by atomic mass is 79.9. The Balaban J connectivity index is 1.43. The van der Waals surface area contributed by atoms with Crippen LogP contribution >= 0.6 is 15.9 Å². The number of hydrogen-bond acceptors (Lipinski definition) is 4. The highest BCUT2D eigenvalue weighted by Crippen LogP contribution is 2.38. The number of halogens is 1. The van der Waals surface area contributed by atoms with Crippen LogP contribution in [0, 0.1) is 0 Å².